The summed E-state index contributed by atoms with van der Waals surface area (Å²) in [5.41, 5.74) is 8.82. The van der Waals surface area contributed by atoms with Crippen LogP contribution in [0.25, 0.3) is 11.3 Å². The Morgan fingerprint density at radius 3 is 2.96 bits per heavy atom. The first kappa shape index (κ1) is 14.0. The van der Waals surface area contributed by atoms with E-state index in [2.05, 4.69) is 21.0 Å². The van der Waals surface area contributed by atoms with Crippen molar-refractivity contribution in [2.24, 2.45) is 0 Å². The highest BCUT2D eigenvalue weighted by molar-refractivity contribution is 5.76. The normalized spacial score (nSPS) is 17.9. The Labute approximate surface area is 134 Å². The van der Waals surface area contributed by atoms with Crippen molar-refractivity contribution in [3.05, 3.63) is 30.1 Å². The second-order valence-corrected chi connectivity index (χ2v) is 6.33. The van der Waals surface area contributed by atoms with E-state index in [0.29, 0.717) is 12.4 Å². The van der Waals surface area contributed by atoms with Crippen LogP contribution < -0.4 is 11.1 Å². The monoisotopic (exact) mass is 312 g/mol. The van der Waals surface area contributed by atoms with E-state index in [1.54, 1.807) is 12.3 Å². The summed E-state index contributed by atoms with van der Waals surface area (Å²) < 4.78 is 2.07. The molecule has 1 fully saturated rings. The molecular weight excluding hydrogens is 292 g/mol. The van der Waals surface area contributed by atoms with Gasteiger partial charge in [0.2, 0.25) is 0 Å². The number of aromatic nitrogens is 3. The quantitative estimate of drug-likeness (QED) is 0.872. The number of hydrogen-bond donors (Lipinski definition) is 2. The van der Waals surface area contributed by atoms with Gasteiger partial charge in [0, 0.05) is 49.0 Å². The lowest BCUT2D eigenvalue weighted by atomic mass is 9.76. The topological polar surface area (TPSA) is 89.1 Å². The van der Waals surface area contributed by atoms with E-state index in [-0.39, 0.29) is 11.4 Å². The van der Waals surface area contributed by atoms with Crippen LogP contribution in [0.15, 0.2) is 24.4 Å². The van der Waals surface area contributed by atoms with Gasteiger partial charge in [-0.1, -0.05) is 0 Å². The maximum Gasteiger partial charge on any atom is 0.317 e. The molecule has 0 bridgehead atoms. The van der Waals surface area contributed by atoms with Crippen LogP contribution in [0.1, 0.15) is 19.0 Å². The highest BCUT2D eigenvalue weighted by atomic mass is 16.2. The van der Waals surface area contributed by atoms with Gasteiger partial charge < -0.3 is 16.0 Å². The number of nitrogens with two attached hydrogens (primary N) is 1. The molecule has 3 N–H and O–H groups in total. The molecule has 0 saturated carbocycles. The van der Waals surface area contributed by atoms with Crippen LogP contribution in [-0.2, 0) is 12.0 Å². The molecular formula is C16H20N6O. The number of nitrogens with one attached hydrogen (secondary N) is 1. The second kappa shape index (κ2) is 4.97. The number of carbonyl (C=O) groups excluding carboxylic acids is 1. The maximum atomic E-state index is 11.9. The number of pyridine rings is 1. The molecule has 0 atom stereocenters. The first-order chi connectivity index (χ1) is 11.1. The lowest BCUT2D eigenvalue weighted by Gasteiger charge is -2.47. The molecule has 2 aromatic heterocycles. The number of likely N-dealkylation sites (tertiary alicyclic amines) is 1. The summed E-state index contributed by atoms with van der Waals surface area (Å²) in [6, 6.07) is 5.89. The van der Waals surface area contributed by atoms with Crippen LogP contribution in [0.3, 0.4) is 0 Å². The molecule has 23 heavy (non-hydrogen) atoms. The summed E-state index contributed by atoms with van der Waals surface area (Å²) in [5, 5.41) is 7.55. The molecule has 7 nitrogen and oxygen atoms in total. The number of aryl methyl sites for hydroxylation is 1. The minimum Gasteiger partial charge on any atom is -0.384 e. The van der Waals surface area contributed by atoms with Crippen LogP contribution in [0.4, 0.5) is 10.6 Å². The fraction of sp³-hybridized carbons (Fsp3) is 0.438. The molecule has 1 saturated heterocycles. The predicted molar refractivity (Wildman–Crippen MR) is 86.8 cm³/mol. The first-order valence-electron chi connectivity index (χ1n) is 7.94. The highest BCUT2D eigenvalue weighted by Crippen LogP contribution is 2.43. The molecule has 2 aliphatic rings. The molecule has 0 aliphatic carbocycles. The number of carbonyl (C=O) groups is 1. The largest absolute Gasteiger partial charge is 0.384 e. The third-order valence-corrected chi connectivity index (χ3v) is 4.81. The van der Waals surface area contributed by atoms with Crippen molar-refractivity contribution in [1.29, 1.82) is 0 Å². The van der Waals surface area contributed by atoms with Crippen molar-refractivity contribution >= 4 is 11.8 Å². The molecule has 0 unspecified atom stereocenters. The third kappa shape index (κ3) is 2.15. The fourth-order valence-electron chi connectivity index (χ4n) is 3.57. The predicted octanol–water partition coefficient (Wildman–Crippen LogP) is 1.21. The lowest BCUT2D eigenvalue weighted by molar-refractivity contribution is 0.0925. The smallest absolute Gasteiger partial charge is 0.317 e. The Kier molecular flexibility index (Phi) is 3.04. The number of fused-ring (bicyclic) bond motifs is 2. The van der Waals surface area contributed by atoms with Crippen LogP contribution in [-0.4, -0.2) is 45.3 Å². The summed E-state index contributed by atoms with van der Waals surface area (Å²) in [6.45, 7) is 5.04. The SMILES string of the molecule is CCNC(=O)N1CC2(CCn3nc(-c4ccc(N)nc4)cc32)C1. The van der Waals surface area contributed by atoms with Gasteiger partial charge in [-0.05, 0) is 31.5 Å². The van der Waals surface area contributed by atoms with E-state index in [1.807, 2.05) is 17.9 Å². The number of nitrogens with zero attached hydrogens (tertiary/aromatic N) is 4. The maximum absolute atomic E-state index is 11.9. The van der Waals surface area contributed by atoms with Gasteiger partial charge in [0.05, 0.1) is 5.69 Å². The van der Waals surface area contributed by atoms with Gasteiger partial charge in [0.15, 0.2) is 0 Å². The molecule has 2 aliphatic heterocycles. The van der Waals surface area contributed by atoms with E-state index < -0.39 is 0 Å². The zero-order chi connectivity index (χ0) is 16.0. The van der Waals surface area contributed by atoms with E-state index >= 15 is 0 Å². The molecule has 0 radical (unpaired) electrons. The molecule has 7 heteroatoms. The van der Waals surface area contributed by atoms with Gasteiger partial charge in [0.25, 0.3) is 0 Å². The van der Waals surface area contributed by atoms with Crippen molar-refractivity contribution in [2.75, 3.05) is 25.4 Å². The standard InChI is InChI=1S/C16H20N6O/c1-2-18-15(23)21-9-16(10-21)5-6-22-13(16)7-12(20-22)11-3-4-14(17)19-8-11/h3-4,7-8H,2,5-6,9-10H2,1H3,(H2,17,19)(H,18,23). The Morgan fingerprint density at radius 1 is 1.43 bits per heavy atom. The summed E-state index contributed by atoms with van der Waals surface area (Å²) in [6.07, 6.45) is 2.80. The zero-order valence-electron chi connectivity index (χ0n) is 13.1. The number of nitrogen functional groups attached to an aromatic ring is 1. The van der Waals surface area contributed by atoms with Crippen LogP contribution in [0.5, 0.6) is 0 Å². The van der Waals surface area contributed by atoms with E-state index in [9.17, 15) is 4.79 Å². The van der Waals surface area contributed by atoms with Crippen molar-refractivity contribution in [1.82, 2.24) is 25.0 Å². The molecule has 4 heterocycles. The Morgan fingerprint density at radius 2 is 2.26 bits per heavy atom. The summed E-state index contributed by atoms with van der Waals surface area (Å²) in [5.74, 6) is 0.508. The molecule has 1 spiro atoms. The Balaban J connectivity index is 1.56. The minimum absolute atomic E-state index is 0.0269. The molecule has 0 aromatic carbocycles. The van der Waals surface area contributed by atoms with Crippen molar-refractivity contribution < 1.29 is 4.79 Å². The van der Waals surface area contributed by atoms with E-state index in [0.717, 1.165) is 37.3 Å². The first-order valence-corrected chi connectivity index (χ1v) is 7.94. The average Bonchev–Trinajstić information content (AvgIpc) is 3.05. The number of rotatable bonds is 2. The van der Waals surface area contributed by atoms with Gasteiger partial charge in [-0.3, -0.25) is 4.68 Å². The van der Waals surface area contributed by atoms with Crippen molar-refractivity contribution in [3.63, 3.8) is 0 Å². The molecule has 120 valence electrons. The van der Waals surface area contributed by atoms with E-state index in [1.165, 1.54) is 5.69 Å². The third-order valence-electron chi connectivity index (χ3n) is 4.81. The van der Waals surface area contributed by atoms with E-state index in [4.69, 9.17) is 10.8 Å². The average molecular weight is 312 g/mol. The van der Waals surface area contributed by atoms with Crippen molar-refractivity contribution in [3.8, 4) is 11.3 Å². The summed E-state index contributed by atoms with van der Waals surface area (Å²) in [4.78, 5) is 17.9. The second-order valence-electron chi connectivity index (χ2n) is 6.33. The van der Waals surface area contributed by atoms with Gasteiger partial charge in [-0.15, -0.1) is 0 Å². The number of anilines is 1. The lowest BCUT2D eigenvalue weighted by Crippen LogP contribution is -2.62. The minimum atomic E-state index is 0.0269. The zero-order valence-corrected chi connectivity index (χ0v) is 13.1. The number of hydrogen-bond acceptors (Lipinski definition) is 4. The highest BCUT2D eigenvalue weighted by Gasteiger charge is 2.51. The van der Waals surface area contributed by atoms with Gasteiger partial charge >= 0.3 is 6.03 Å². The van der Waals surface area contributed by atoms with Crippen LogP contribution >= 0.6 is 0 Å². The Bertz CT molecular complexity index is 744. The molecule has 2 amide bonds. The number of urea groups is 1. The number of amides is 2. The van der Waals surface area contributed by atoms with Crippen LogP contribution in [0, 0.1) is 0 Å². The van der Waals surface area contributed by atoms with Gasteiger partial charge in [0.1, 0.15) is 5.82 Å². The molecule has 2 aromatic rings. The summed E-state index contributed by atoms with van der Waals surface area (Å²) in [7, 11) is 0. The molecule has 4 rings (SSSR count). The Hall–Kier alpha value is -2.57. The summed E-state index contributed by atoms with van der Waals surface area (Å²) >= 11 is 0. The van der Waals surface area contributed by atoms with Crippen LogP contribution in [0.2, 0.25) is 0 Å². The van der Waals surface area contributed by atoms with Gasteiger partial charge in [-0.25, -0.2) is 9.78 Å². The fourth-order valence-corrected chi connectivity index (χ4v) is 3.57. The van der Waals surface area contributed by atoms with Crippen molar-refractivity contribution in [2.45, 2.75) is 25.3 Å². The van der Waals surface area contributed by atoms with Gasteiger partial charge in [-0.2, -0.15) is 5.10 Å².